The third-order valence-corrected chi connectivity index (χ3v) is 3.34. The Kier molecular flexibility index (Phi) is 5.26. The third-order valence-electron chi connectivity index (χ3n) is 3.34. The second kappa shape index (κ2) is 6.95. The van der Waals surface area contributed by atoms with Crippen molar-refractivity contribution in [2.45, 2.75) is 44.7 Å². The largest absolute Gasteiger partial charge is 0.490 e. The summed E-state index contributed by atoms with van der Waals surface area (Å²) in [7, 11) is 0. The Labute approximate surface area is 121 Å². The normalized spacial score (nSPS) is 17.6. The van der Waals surface area contributed by atoms with Crippen molar-refractivity contribution in [1.82, 2.24) is 5.32 Å². The maximum atomic E-state index is 9.58. The molecular formula is C16H25NO3. The zero-order chi connectivity index (χ0) is 14.4. The van der Waals surface area contributed by atoms with Gasteiger partial charge in [0, 0.05) is 6.04 Å². The molecule has 2 rings (SSSR count). The van der Waals surface area contributed by atoms with Gasteiger partial charge in [0.25, 0.3) is 0 Å². The summed E-state index contributed by atoms with van der Waals surface area (Å²) in [6, 6.07) is 8.21. The molecule has 2 N–H and O–H groups in total. The lowest BCUT2D eigenvalue weighted by atomic mass is 10.1. The number of para-hydroxylation sites is 2. The second-order valence-electron chi connectivity index (χ2n) is 5.72. The van der Waals surface area contributed by atoms with Crippen molar-refractivity contribution in [3.63, 3.8) is 0 Å². The topological polar surface area (TPSA) is 50.7 Å². The highest BCUT2D eigenvalue weighted by molar-refractivity contribution is 5.39. The molecule has 1 aromatic rings. The van der Waals surface area contributed by atoms with E-state index in [0.717, 1.165) is 17.9 Å². The summed E-state index contributed by atoms with van der Waals surface area (Å²) in [6.07, 6.45) is 3.34. The van der Waals surface area contributed by atoms with Crippen LogP contribution in [0.5, 0.6) is 11.5 Å². The monoisotopic (exact) mass is 279 g/mol. The Bertz CT molecular complexity index is 420. The highest BCUT2D eigenvalue weighted by atomic mass is 16.5. The molecular weight excluding hydrogens is 254 g/mol. The van der Waals surface area contributed by atoms with Crippen LogP contribution in [0.4, 0.5) is 0 Å². The minimum Gasteiger partial charge on any atom is -0.490 e. The van der Waals surface area contributed by atoms with E-state index in [1.165, 1.54) is 12.8 Å². The van der Waals surface area contributed by atoms with Gasteiger partial charge in [-0.25, -0.2) is 0 Å². The maximum Gasteiger partial charge on any atom is 0.161 e. The average Bonchev–Trinajstić information content (AvgIpc) is 3.27. The van der Waals surface area contributed by atoms with Gasteiger partial charge in [0.2, 0.25) is 0 Å². The van der Waals surface area contributed by atoms with E-state index in [9.17, 15) is 5.11 Å². The molecule has 4 heteroatoms. The molecule has 1 fully saturated rings. The van der Waals surface area contributed by atoms with Gasteiger partial charge in [-0.3, -0.25) is 0 Å². The van der Waals surface area contributed by atoms with Gasteiger partial charge in [0.05, 0.1) is 18.8 Å². The number of rotatable bonds is 9. The van der Waals surface area contributed by atoms with E-state index in [0.29, 0.717) is 19.3 Å². The van der Waals surface area contributed by atoms with Gasteiger partial charge >= 0.3 is 0 Å². The summed E-state index contributed by atoms with van der Waals surface area (Å²) in [5, 5.41) is 13.0. The van der Waals surface area contributed by atoms with Crippen molar-refractivity contribution in [3.8, 4) is 11.5 Å². The summed E-state index contributed by atoms with van der Waals surface area (Å²) in [5.41, 5.74) is -0.404. The minimum absolute atomic E-state index is 0.0570. The van der Waals surface area contributed by atoms with Crippen molar-refractivity contribution in [2.24, 2.45) is 0 Å². The number of ether oxygens (including phenoxy) is 2. The van der Waals surface area contributed by atoms with Crippen LogP contribution < -0.4 is 14.8 Å². The molecule has 1 saturated carbocycles. The van der Waals surface area contributed by atoms with Crippen LogP contribution in [-0.2, 0) is 0 Å². The number of hydrogen-bond acceptors (Lipinski definition) is 4. The predicted octanol–water partition coefficient (Wildman–Crippen LogP) is 2.36. The van der Waals surface area contributed by atoms with E-state index in [1.807, 2.05) is 31.2 Å². The lowest BCUT2D eigenvalue weighted by Crippen LogP contribution is -2.51. The lowest BCUT2D eigenvalue weighted by molar-refractivity contribution is 0.112. The standard InChI is InChI=1S/C16H25NO3/c1-3-10-19-14-6-4-5-7-15(14)20-12-16(2,11-18)17-13-8-9-13/h4-7,13,17-18H,3,8-12H2,1-2H3. The van der Waals surface area contributed by atoms with Crippen LogP contribution in [0.25, 0.3) is 0 Å². The van der Waals surface area contributed by atoms with Gasteiger partial charge in [0.15, 0.2) is 11.5 Å². The molecule has 112 valence electrons. The van der Waals surface area contributed by atoms with Crippen molar-refractivity contribution in [3.05, 3.63) is 24.3 Å². The molecule has 4 nitrogen and oxygen atoms in total. The quantitative estimate of drug-likeness (QED) is 0.728. The van der Waals surface area contributed by atoms with Gasteiger partial charge in [-0.15, -0.1) is 0 Å². The molecule has 0 heterocycles. The summed E-state index contributed by atoms with van der Waals surface area (Å²) >= 11 is 0. The Hall–Kier alpha value is -1.26. The van der Waals surface area contributed by atoms with Crippen LogP contribution in [-0.4, -0.2) is 36.5 Å². The first kappa shape index (κ1) is 15.1. The van der Waals surface area contributed by atoms with Crippen molar-refractivity contribution in [2.75, 3.05) is 19.8 Å². The molecule has 1 aliphatic rings. The number of benzene rings is 1. The predicted molar refractivity (Wildman–Crippen MR) is 79.4 cm³/mol. The number of aliphatic hydroxyl groups is 1. The SMILES string of the molecule is CCCOc1ccccc1OCC(C)(CO)NC1CC1. The van der Waals surface area contributed by atoms with Gasteiger partial charge in [-0.2, -0.15) is 0 Å². The van der Waals surface area contributed by atoms with Crippen molar-refractivity contribution < 1.29 is 14.6 Å². The zero-order valence-corrected chi connectivity index (χ0v) is 12.4. The zero-order valence-electron chi connectivity index (χ0n) is 12.4. The molecule has 1 unspecified atom stereocenters. The molecule has 0 amide bonds. The van der Waals surface area contributed by atoms with E-state index >= 15 is 0 Å². The third kappa shape index (κ3) is 4.39. The van der Waals surface area contributed by atoms with Crippen LogP contribution in [0, 0.1) is 0 Å². The molecule has 0 aliphatic heterocycles. The Morgan fingerprint density at radius 2 is 1.90 bits per heavy atom. The lowest BCUT2D eigenvalue weighted by Gasteiger charge is -2.29. The Balaban J connectivity index is 1.94. The van der Waals surface area contributed by atoms with Gasteiger partial charge in [0.1, 0.15) is 6.61 Å². The Morgan fingerprint density at radius 1 is 1.25 bits per heavy atom. The molecule has 1 aliphatic carbocycles. The fourth-order valence-electron chi connectivity index (χ4n) is 1.99. The minimum atomic E-state index is -0.404. The first-order valence-electron chi connectivity index (χ1n) is 7.40. The molecule has 0 radical (unpaired) electrons. The van der Waals surface area contributed by atoms with Gasteiger partial charge in [-0.1, -0.05) is 19.1 Å². The molecule has 0 bridgehead atoms. The van der Waals surface area contributed by atoms with E-state index in [-0.39, 0.29) is 6.61 Å². The average molecular weight is 279 g/mol. The van der Waals surface area contributed by atoms with Crippen molar-refractivity contribution in [1.29, 1.82) is 0 Å². The van der Waals surface area contributed by atoms with Crippen LogP contribution in [0.2, 0.25) is 0 Å². The van der Waals surface area contributed by atoms with Crippen LogP contribution in [0.15, 0.2) is 24.3 Å². The summed E-state index contributed by atoms with van der Waals surface area (Å²) in [5.74, 6) is 1.50. The first-order valence-corrected chi connectivity index (χ1v) is 7.40. The van der Waals surface area contributed by atoms with Crippen molar-refractivity contribution >= 4 is 0 Å². The second-order valence-corrected chi connectivity index (χ2v) is 5.72. The Morgan fingerprint density at radius 3 is 2.45 bits per heavy atom. The fourth-order valence-corrected chi connectivity index (χ4v) is 1.99. The maximum absolute atomic E-state index is 9.58. The smallest absolute Gasteiger partial charge is 0.161 e. The van der Waals surface area contributed by atoms with Gasteiger partial charge < -0.3 is 19.9 Å². The molecule has 0 spiro atoms. The first-order chi connectivity index (χ1) is 9.67. The summed E-state index contributed by atoms with van der Waals surface area (Å²) in [6.45, 7) is 5.22. The summed E-state index contributed by atoms with van der Waals surface area (Å²) < 4.78 is 11.5. The fraction of sp³-hybridized carbons (Fsp3) is 0.625. The van der Waals surface area contributed by atoms with Gasteiger partial charge in [-0.05, 0) is 38.3 Å². The van der Waals surface area contributed by atoms with E-state index in [1.54, 1.807) is 0 Å². The van der Waals surface area contributed by atoms with Crippen LogP contribution in [0.3, 0.4) is 0 Å². The molecule has 1 aromatic carbocycles. The van der Waals surface area contributed by atoms with E-state index in [4.69, 9.17) is 9.47 Å². The molecule has 20 heavy (non-hydrogen) atoms. The number of nitrogens with one attached hydrogen (secondary N) is 1. The van der Waals surface area contributed by atoms with Crippen LogP contribution in [0.1, 0.15) is 33.1 Å². The highest BCUT2D eigenvalue weighted by Gasteiger charge is 2.32. The summed E-state index contributed by atoms with van der Waals surface area (Å²) in [4.78, 5) is 0. The molecule has 0 saturated heterocycles. The van der Waals surface area contributed by atoms with E-state index < -0.39 is 5.54 Å². The number of hydrogen-bond donors (Lipinski definition) is 2. The molecule has 1 atom stereocenters. The molecule has 0 aromatic heterocycles. The highest BCUT2D eigenvalue weighted by Crippen LogP contribution is 2.28. The van der Waals surface area contributed by atoms with E-state index in [2.05, 4.69) is 12.2 Å². The van der Waals surface area contributed by atoms with Crippen LogP contribution >= 0.6 is 0 Å². The number of aliphatic hydroxyl groups excluding tert-OH is 1.